The second-order valence-electron chi connectivity index (χ2n) is 6.15. The van der Waals surface area contributed by atoms with E-state index in [0.29, 0.717) is 13.1 Å². The van der Waals surface area contributed by atoms with Crippen LogP contribution in [0.15, 0.2) is 35.9 Å². The molecule has 0 spiro atoms. The van der Waals surface area contributed by atoms with E-state index in [1.54, 1.807) is 0 Å². The zero-order chi connectivity index (χ0) is 16.5. The van der Waals surface area contributed by atoms with E-state index in [-0.39, 0.29) is 18.2 Å². The smallest absolute Gasteiger partial charge is 0.229 e. The van der Waals surface area contributed by atoms with E-state index in [1.807, 2.05) is 31.2 Å². The summed E-state index contributed by atoms with van der Waals surface area (Å²) in [5.41, 5.74) is 3.63. The number of benzene rings is 1. The van der Waals surface area contributed by atoms with Gasteiger partial charge in [0.2, 0.25) is 11.8 Å². The molecule has 4 nitrogen and oxygen atoms in total. The van der Waals surface area contributed by atoms with Crippen molar-refractivity contribution < 1.29 is 9.59 Å². The van der Waals surface area contributed by atoms with Gasteiger partial charge in [-0.05, 0) is 44.6 Å². The molecule has 0 radical (unpaired) electrons. The van der Waals surface area contributed by atoms with Gasteiger partial charge >= 0.3 is 0 Å². The van der Waals surface area contributed by atoms with Gasteiger partial charge in [0.1, 0.15) is 6.42 Å². The lowest BCUT2D eigenvalue weighted by molar-refractivity contribution is -0.129. The van der Waals surface area contributed by atoms with Crippen LogP contribution in [-0.4, -0.2) is 18.4 Å². The minimum Gasteiger partial charge on any atom is -0.355 e. The molecule has 0 fully saturated rings. The van der Waals surface area contributed by atoms with Gasteiger partial charge in [-0.1, -0.05) is 41.5 Å². The summed E-state index contributed by atoms with van der Waals surface area (Å²) < 4.78 is 0. The van der Waals surface area contributed by atoms with Crippen molar-refractivity contribution in [3.63, 3.8) is 0 Å². The Hall–Kier alpha value is -2.10. The number of carbonyl (C=O) groups is 2. The summed E-state index contributed by atoms with van der Waals surface area (Å²) in [7, 11) is 0. The van der Waals surface area contributed by atoms with Gasteiger partial charge in [0.25, 0.3) is 0 Å². The second-order valence-corrected chi connectivity index (χ2v) is 6.15. The van der Waals surface area contributed by atoms with Gasteiger partial charge < -0.3 is 10.6 Å². The van der Waals surface area contributed by atoms with Crippen molar-refractivity contribution in [3.05, 3.63) is 47.0 Å². The molecule has 0 saturated heterocycles. The molecule has 2 rings (SSSR count). The zero-order valence-corrected chi connectivity index (χ0v) is 13.9. The van der Waals surface area contributed by atoms with Gasteiger partial charge in [-0.25, -0.2) is 0 Å². The van der Waals surface area contributed by atoms with Crippen molar-refractivity contribution in [2.45, 2.75) is 52.0 Å². The SMILES string of the molecule is Cc1cccc(CNC(=O)CC(=O)NCCC2=CCCCC2)c1. The molecular formula is C19H26N2O2. The Kier molecular flexibility index (Phi) is 6.85. The third kappa shape index (κ3) is 6.68. The molecular weight excluding hydrogens is 288 g/mol. The van der Waals surface area contributed by atoms with Crippen LogP contribution >= 0.6 is 0 Å². The number of aryl methyl sites for hydroxylation is 1. The van der Waals surface area contributed by atoms with Gasteiger partial charge in [0, 0.05) is 13.1 Å². The zero-order valence-electron chi connectivity index (χ0n) is 13.9. The topological polar surface area (TPSA) is 58.2 Å². The van der Waals surface area contributed by atoms with E-state index in [1.165, 1.54) is 18.4 Å². The molecule has 0 aromatic heterocycles. The van der Waals surface area contributed by atoms with Crippen LogP contribution in [0.25, 0.3) is 0 Å². The number of rotatable bonds is 7. The van der Waals surface area contributed by atoms with Gasteiger partial charge in [-0.3, -0.25) is 9.59 Å². The number of carbonyl (C=O) groups excluding carboxylic acids is 2. The molecule has 0 bridgehead atoms. The first-order valence-electron chi connectivity index (χ1n) is 8.40. The standard InChI is InChI=1S/C19H26N2O2/c1-15-6-5-9-17(12-15)14-21-19(23)13-18(22)20-11-10-16-7-3-2-4-8-16/h5-7,9,12H,2-4,8,10-11,13-14H2,1H3,(H,20,22)(H,21,23). The summed E-state index contributed by atoms with van der Waals surface area (Å²) in [5.74, 6) is -0.441. The Labute approximate surface area is 138 Å². The minimum absolute atomic E-state index is 0.106. The number of nitrogens with one attached hydrogen (secondary N) is 2. The van der Waals surface area contributed by atoms with E-state index in [9.17, 15) is 9.59 Å². The molecule has 1 aromatic carbocycles. The molecule has 1 aromatic rings. The molecule has 2 N–H and O–H groups in total. The molecule has 0 unspecified atom stereocenters. The quantitative estimate of drug-likeness (QED) is 0.600. The van der Waals surface area contributed by atoms with Crippen LogP contribution in [0, 0.1) is 6.92 Å². The van der Waals surface area contributed by atoms with Gasteiger partial charge in [-0.2, -0.15) is 0 Å². The average molecular weight is 314 g/mol. The number of allylic oxidation sites excluding steroid dienone is 1. The van der Waals surface area contributed by atoms with E-state index >= 15 is 0 Å². The highest BCUT2D eigenvalue weighted by atomic mass is 16.2. The van der Waals surface area contributed by atoms with Crippen LogP contribution in [0.5, 0.6) is 0 Å². The predicted octanol–water partition coefficient (Wildman–Crippen LogP) is 3.01. The largest absolute Gasteiger partial charge is 0.355 e. The van der Waals surface area contributed by atoms with Crippen LogP contribution in [-0.2, 0) is 16.1 Å². The lowest BCUT2D eigenvalue weighted by Gasteiger charge is -2.13. The Morgan fingerprint density at radius 2 is 1.96 bits per heavy atom. The molecule has 23 heavy (non-hydrogen) atoms. The third-order valence-electron chi connectivity index (χ3n) is 4.05. The molecule has 4 heteroatoms. The molecule has 0 heterocycles. The van der Waals surface area contributed by atoms with Crippen molar-refractivity contribution in [1.82, 2.24) is 10.6 Å². The Balaban J connectivity index is 1.62. The van der Waals surface area contributed by atoms with Crippen molar-refractivity contribution in [2.75, 3.05) is 6.54 Å². The van der Waals surface area contributed by atoms with Crippen molar-refractivity contribution in [2.24, 2.45) is 0 Å². The maximum atomic E-state index is 11.8. The first kappa shape index (κ1) is 17.3. The average Bonchev–Trinajstić information content (AvgIpc) is 2.54. The lowest BCUT2D eigenvalue weighted by Crippen LogP contribution is -2.32. The van der Waals surface area contributed by atoms with E-state index in [2.05, 4.69) is 16.7 Å². The van der Waals surface area contributed by atoms with Crippen LogP contribution in [0.3, 0.4) is 0 Å². The highest BCUT2D eigenvalue weighted by molar-refractivity contribution is 5.96. The summed E-state index contributed by atoms with van der Waals surface area (Å²) in [6, 6.07) is 7.97. The maximum absolute atomic E-state index is 11.8. The number of amides is 2. The third-order valence-corrected chi connectivity index (χ3v) is 4.05. The normalized spacial score (nSPS) is 14.0. The van der Waals surface area contributed by atoms with Crippen LogP contribution < -0.4 is 10.6 Å². The number of hydrogen-bond donors (Lipinski definition) is 2. The summed E-state index contributed by atoms with van der Waals surface area (Å²) in [6.07, 6.45) is 7.90. The lowest BCUT2D eigenvalue weighted by atomic mass is 9.97. The molecule has 0 aliphatic heterocycles. The van der Waals surface area contributed by atoms with Gasteiger partial charge in [-0.15, -0.1) is 0 Å². The molecule has 0 atom stereocenters. The fourth-order valence-electron chi connectivity index (χ4n) is 2.79. The Morgan fingerprint density at radius 3 is 2.70 bits per heavy atom. The highest BCUT2D eigenvalue weighted by Crippen LogP contribution is 2.19. The van der Waals surface area contributed by atoms with E-state index in [4.69, 9.17) is 0 Å². The molecule has 2 amide bonds. The van der Waals surface area contributed by atoms with Crippen LogP contribution in [0.4, 0.5) is 0 Å². The minimum atomic E-state index is -0.235. The summed E-state index contributed by atoms with van der Waals surface area (Å²) in [5, 5.41) is 5.61. The van der Waals surface area contributed by atoms with Gasteiger partial charge in [0.05, 0.1) is 0 Å². The first-order chi connectivity index (χ1) is 11.1. The fraction of sp³-hybridized carbons (Fsp3) is 0.474. The monoisotopic (exact) mass is 314 g/mol. The molecule has 124 valence electrons. The number of hydrogen-bond acceptors (Lipinski definition) is 2. The van der Waals surface area contributed by atoms with Crippen LogP contribution in [0.2, 0.25) is 0 Å². The first-order valence-corrected chi connectivity index (χ1v) is 8.40. The summed E-state index contributed by atoms with van der Waals surface area (Å²) in [6.45, 7) is 3.09. The van der Waals surface area contributed by atoms with E-state index < -0.39 is 0 Å². The summed E-state index contributed by atoms with van der Waals surface area (Å²) >= 11 is 0. The second kappa shape index (κ2) is 9.13. The predicted molar refractivity (Wildman–Crippen MR) is 91.8 cm³/mol. The Morgan fingerprint density at radius 1 is 1.13 bits per heavy atom. The van der Waals surface area contributed by atoms with Crippen molar-refractivity contribution in [1.29, 1.82) is 0 Å². The molecule has 1 aliphatic carbocycles. The maximum Gasteiger partial charge on any atom is 0.229 e. The van der Waals surface area contributed by atoms with Crippen molar-refractivity contribution in [3.8, 4) is 0 Å². The fourth-order valence-corrected chi connectivity index (χ4v) is 2.79. The van der Waals surface area contributed by atoms with Crippen molar-refractivity contribution >= 4 is 11.8 Å². The van der Waals surface area contributed by atoms with E-state index in [0.717, 1.165) is 30.4 Å². The van der Waals surface area contributed by atoms with Crippen LogP contribution in [0.1, 0.15) is 49.7 Å². The molecule has 1 aliphatic rings. The highest BCUT2D eigenvalue weighted by Gasteiger charge is 2.09. The summed E-state index contributed by atoms with van der Waals surface area (Å²) in [4.78, 5) is 23.6. The Bertz CT molecular complexity index is 578. The molecule has 0 saturated carbocycles. The van der Waals surface area contributed by atoms with Gasteiger partial charge in [0.15, 0.2) is 0 Å².